The number of ether oxygens (including phenoxy) is 1. The summed E-state index contributed by atoms with van der Waals surface area (Å²) in [5.41, 5.74) is 1.64. The van der Waals surface area contributed by atoms with Gasteiger partial charge < -0.3 is 30.6 Å². The first kappa shape index (κ1) is 36.2. The number of nitrogens with one attached hydrogen (secondary N) is 3. The van der Waals surface area contributed by atoms with Crippen molar-refractivity contribution < 1.29 is 33.9 Å². The van der Waals surface area contributed by atoms with Gasteiger partial charge in [0.05, 0.1) is 24.2 Å². The van der Waals surface area contributed by atoms with Crippen LogP contribution < -0.4 is 20.8 Å². The van der Waals surface area contributed by atoms with Crippen molar-refractivity contribution in [2.24, 2.45) is 5.92 Å². The van der Waals surface area contributed by atoms with E-state index in [1.54, 1.807) is 16.7 Å². The summed E-state index contributed by atoms with van der Waals surface area (Å²) >= 11 is 0. The molecule has 3 amide bonds. The number of piperidine rings is 1. The Kier molecular flexibility index (Phi) is 13.5. The van der Waals surface area contributed by atoms with Gasteiger partial charge in [-0.05, 0) is 49.7 Å². The van der Waals surface area contributed by atoms with E-state index in [9.17, 15) is 24.3 Å². The van der Waals surface area contributed by atoms with Crippen molar-refractivity contribution in [3.8, 4) is 0 Å². The lowest BCUT2D eigenvalue weighted by molar-refractivity contribution is -0.144. The van der Waals surface area contributed by atoms with Crippen LogP contribution in [0.15, 0.2) is 30.5 Å². The minimum absolute atomic E-state index is 0.0960. The molecule has 3 heterocycles. The Morgan fingerprint density at radius 2 is 1.74 bits per heavy atom. The number of carbonyl (C=O) groups excluding carboxylic acids is 4. The van der Waals surface area contributed by atoms with Gasteiger partial charge in [-0.25, -0.2) is 0 Å². The third kappa shape index (κ3) is 9.25. The minimum Gasteiger partial charge on any atom is -0.466 e. The Balaban J connectivity index is 1.61. The van der Waals surface area contributed by atoms with Crippen molar-refractivity contribution in [2.45, 2.75) is 122 Å². The number of hydrogen-bond acceptors (Lipinski definition) is 8. The smallest absolute Gasteiger partial charge is 0.305 e. The van der Waals surface area contributed by atoms with Crippen LogP contribution in [0.2, 0.25) is 0 Å². The number of aliphatic hydroxyl groups excluding tert-OH is 1. The summed E-state index contributed by atoms with van der Waals surface area (Å²) in [5, 5.41) is 21.7. The molecule has 2 saturated heterocycles. The molecule has 12 heteroatoms. The van der Waals surface area contributed by atoms with Crippen molar-refractivity contribution in [1.82, 2.24) is 25.6 Å². The maximum atomic E-state index is 14.1. The number of carbonyl (C=O) groups is 4. The molecule has 0 saturated carbocycles. The molecule has 0 spiro atoms. The maximum Gasteiger partial charge on any atom is 0.305 e. The molecule has 0 aliphatic carbocycles. The average Bonchev–Trinajstić information content (AvgIpc) is 3.44. The van der Waals surface area contributed by atoms with Crippen molar-refractivity contribution in [1.29, 1.82) is 0 Å². The Labute approximate surface area is 277 Å². The summed E-state index contributed by atoms with van der Waals surface area (Å²) in [6, 6.07) is 4.52. The summed E-state index contributed by atoms with van der Waals surface area (Å²) in [6.45, 7) is 6.82. The monoisotopic (exact) mass is 655 g/mol. The molecule has 2 aromatic rings. The fourth-order valence-electron chi connectivity index (χ4n) is 6.64. The molecule has 12 nitrogen and oxygen atoms in total. The molecule has 6 atom stereocenters. The summed E-state index contributed by atoms with van der Waals surface area (Å²) in [5.74, 6) is -1.48. The first-order valence-electron chi connectivity index (χ1n) is 17.3. The number of aromatic nitrogens is 1. The molecular weight excluding hydrogens is 602 g/mol. The number of unbranched alkanes of at least 4 members (excludes halogenated alkanes) is 2. The number of nitrogens with zero attached hydrogens (tertiary/aromatic N) is 2. The topological polar surface area (TPSA) is 151 Å². The maximum absolute atomic E-state index is 14.1. The number of fused-ring (bicyclic) bond motifs is 2. The van der Waals surface area contributed by atoms with Gasteiger partial charge in [-0.3, -0.25) is 24.1 Å². The van der Waals surface area contributed by atoms with Gasteiger partial charge in [0.15, 0.2) is 0 Å². The lowest BCUT2D eigenvalue weighted by atomic mass is 9.92. The zero-order valence-electron chi connectivity index (χ0n) is 28.3. The summed E-state index contributed by atoms with van der Waals surface area (Å²) in [7, 11) is 1.56. The van der Waals surface area contributed by atoms with E-state index >= 15 is 0 Å². The normalized spacial score (nSPS) is 25.0. The standard InChI is InChI=1S/C35H53N5O7/c1-5-20-47-30(41)18-9-7-8-15-26-32(42)37-27(21-24-22-40(46-4)28-16-11-10-14-25(24)28)33(43)38-31(23(3)6-2)35(45)39-19-13-12-17-29(39)34(44)36-26/h10-11,14,16,22-23,26-27,29,31,35,45H,5-9,12-13,15,17-21H2,1-4H3,(H,36,44)(H,37,42)(H,38,43)/t23?,26-,27-,29+,31-,35?/m0/s1. The van der Waals surface area contributed by atoms with E-state index in [1.807, 2.05) is 51.2 Å². The first-order chi connectivity index (χ1) is 22.7. The van der Waals surface area contributed by atoms with Gasteiger partial charge >= 0.3 is 5.97 Å². The molecule has 1 aromatic carbocycles. The van der Waals surface area contributed by atoms with Crippen molar-refractivity contribution in [3.63, 3.8) is 0 Å². The second-order valence-corrected chi connectivity index (χ2v) is 12.9. The van der Waals surface area contributed by atoms with Crippen molar-refractivity contribution in [2.75, 3.05) is 20.3 Å². The van der Waals surface area contributed by atoms with E-state index in [0.717, 1.165) is 35.7 Å². The third-order valence-electron chi connectivity index (χ3n) is 9.56. The predicted octanol–water partition coefficient (Wildman–Crippen LogP) is 2.83. The minimum atomic E-state index is -1.08. The quantitative estimate of drug-likeness (QED) is 0.190. The van der Waals surface area contributed by atoms with Gasteiger partial charge in [-0.1, -0.05) is 64.7 Å². The second-order valence-electron chi connectivity index (χ2n) is 12.9. The van der Waals surface area contributed by atoms with E-state index in [1.165, 1.54) is 0 Å². The van der Waals surface area contributed by atoms with Crippen molar-refractivity contribution in [3.05, 3.63) is 36.0 Å². The molecule has 0 bridgehead atoms. The number of para-hydroxylation sites is 1. The number of amides is 3. The van der Waals surface area contributed by atoms with Gasteiger partial charge in [-0.15, -0.1) is 0 Å². The molecule has 4 rings (SSSR count). The zero-order chi connectivity index (χ0) is 33.9. The number of aliphatic hydroxyl groups is 1. The molecule has 2 fully saturated rings. The van der Waals surface area contributed by atoms with Gasteiger partial charge in [0.25, 0.3) is 0 Å². The summed E-state index contributed by atoms with van der Waals surface area (Å²) < 4.78 is 6.79. The Morgan fingerprint density at radius 3 is 2.49 bits per heavy atom. The van der Waals surface area contributed by atoms with E-state index in [2.05, 4.69) is 16.0 Å². The van der Waals surface area contributed by atoms with Crippen LogP contribution in [-0.4, -0.2) is 89.1 Å². The lowest BCUT2D eigenvalue weighted by Crippen LogP contribution is -2.65. The van der Waals surface area contributed by atoms with Crippen LogP contribution >= 0.6 is 0 Å². The van der Waals surface area contributed by atoms with Crippen LogP contribution in [0.3, 0.4) is 0 Å². The SMILES string of the molecule is CCCOC(=O)CCCCC[C@@H]1NC(=O)[C@H]2CCCCN2C(O)[C@H](C(C)CC)NC(=O)[C@H](Cc2cn(OC)c3ccccc23)NC1=O. The highest BCUT2D eigenvalue weighted by Gasteiger charge is 2.41. The number of benzene rings is 1. The zero-order valence-corrected chi connectivity index (χ0v) is 28.3. The molecule has 2 aliphatic heterocycles. The largest absolute Gasteiger partial charge is 0.466 e. The van der Waals surface area contributed by atoms with E-state index in [4.69, 9.17) is 9.57 Å². The molecule has 260 valence electrons. The fraction of sp³-hybridized carbons (Fsp3) is 0.657. The lowest BCUT2D eigenvalue weighted by Gasteiger charge is -2.43. The summed E-state index contributed by atoms with van der Waals surface area (Å²) in [6.07, 6.45) is 7.06. The number of rotatable bonds is 13. The number of hydrogen-bond donors (Lipinski definition) is 4. The highest BCUT2D eigenvalue weighted by molar-refractivity contribution is 5.94. The van der Waals surface area contributed by atoms with Gasteiger partial charge in [-0.2, -0.15) is 4.73 Å². The van der Waals surface area contributed by atoms with Crippen LogP contribution in [0.1, 0.15) is 90.5 Å². The molecule has 47 heavy (non-hydrogen) atoms. The molecular formula is C35H53N5O7. The Bertz CT molecular complexity index is 1360. The predicted molar refractivity (Wildman–Crippen MR) is 178 cm³/mol. The van der Waals surface area contributed by atoms with Crippen LogP contribution in [0.25, 0.3) is 10.9 Å². The van der Waals surface area contributed by atoms with Gasteiger partial charge in [0.1, 0.15) is 25.4 Å². The molecule has 0 radical (unpaired) electrons. The Morgan fingerprint density at radius 1 is 1.00 bits per heavy atom. The fourth-order valence-corrected chi connectivity index (χ4v) is 6.64. The van der Waals surface area contributed by atoms with Crippen molar-refractivity contribution >= 4 is 34.6 Å². The molecule has 2 unspecified atom stereocenters. The van der Waals surface area contributed by atoms with Crippen LogP contribution in [0.5, 0.6) is 0 Å². The highest BCUT2D eigenvalue weighted by atomic mass is 16.6. The Hall–Kier alpha value is -3.64. The van der Waals surface area contributed by atoms with Crippen LogP contribution in [0, 0.1) is 5.92 Å². The van der Waals surface area contributed by atoms with E-state index < -0.39 is 42.2 Å². The van der Waals surface area contributed by atoms with Gasteiger partial charge in [0, 0.05) is 31.0 Å². The highest BCUT2D eigenvalue weighted by Crippen LogP contribution is 2.26. The average molecular weight is 656 g/mol. The second kappa shape index (κ2) is 17.5. The first-order valence-corrected chi connectivity index (χ1v) is 17.3. The van der Waals surface area contributed by atoms with E-state index in [0.29, 0.717) is 58.1 Å². The molecule has 2 aliphatic rings. The number of esters is 1. The molecule has 1 aromatic heterocycles. The molecule has 4 N–H and O–H groups in total. The summed E-state index contributed by atoms with van der Waals surface area (Å²) in [4.78, 5) is 61.1. The van der Waals surface area contributed by atoms with Gasteiger partial charge in [0.2, 0.25) is 17.7 Å². The van der Waals surface area contributed by atoms with Crippen LogP contribution in [0.4, 0.5) is 0 Å². The van der Waals surface area contributed by atoms with E-state index in [-0.39, 0.29) is 24.2 Å². The van der Waals surface area contributed by atoms with Crippen LogP contribution in [-0.2, 0) is 30.3 Å². The third-order valence-corrected chi connectivity index (χ3v) is 9.56.